The van der Waals surface area contributed by atoms with E-state index in [1.54, 1.807) is 0 Å². The molecule has 2 aromatic heterocycles. The number of hydrogen-bond donors (Lipinski definition) is 2. The third-order valence-electron chi connectivity index (χ3n) is 5.01. The maximum Gasteiger partial charge on any atom is 0.192 e. The predicted octanol–water partition coefficient (Wildman–Crippen LogP) is 3.69. The summed E-state index contributed by atoms with van der Waals surface area (Å²) in [6.07, 6.45) is 4.23. The Bertz CT molecular complexity index is 766. The highest BCUT2D eigenvalue weighted by Crippen LogP contribution is 2.24. The van der Waals surface area contributed by atoms with Gasteiger partial charge in [0.15, 0.2) is 11.7 Å². The van der Waals surface area contributed by atoms with Gasteiger partial charge in [0.2, 0.25) is 0 Å². The fourth-order valence-electron chi connectivity index (χ4n) is 3.55. The van der Waals surface area contributed by atoms with Crippen LogP contribution in [0.25, 0.3) is 0 Å². The zero-order chi connectivity index (χ0) is 19.2. The highest BCUT2D eigenvalue weighted by Gasteiger charge is 2.24. The predicted molar refractivity (Wildman–Crippen MR) is 120 cm³/mol. The Morgan fingerprint density at radius 3 is 2.86 bits per heavy atom. The van der Waals surface area contributed by atoms with Crippen molar-refractivity contribution >= 4 is 29.9 Å². The van der Waals surface area contributed by atoms with E-state index in [0.717, 1.165) is 67.8 Å². The molecule has 8 nitrogen and oxygen atoms in total. The van der Waals surface area contributed by atoms with Crippen LogP contribution < -0.4 is 10.6 Å². The average Bonchev–Trinajstić information content (AvgIpc) is 3.27. The van der Waals surface area contributed by atoms with Gasteiger partial charge in [0.05, 0.1) is 11.7 Å². The van der Waals surface area contributed by atoms with Gasteiger partial charge in [0, 0.05) is 25.1 Å². The molecule has 0 amide bonds. The van der Waals surface area contributed by atoms with Crippen LogP contribution in [0.2, 0.25) is 0 Å². The lowest BCUT2D eigenvalue weighted by Gasteiger charge is -2.24. The second-order valence-corrected chi connectivity index (χ2v) is 7.01. The van der Waals surface area contributed by atoms with Crippen molar-refractivity contribution in [3.05, 3.63) is 29.2 Å². The van der Waals surface area contributed by atoms with Crippen molar-refractivity contribution < 1.29 is 4.52 Å². The van der Waals surface area contributed by atoms with Crippen molar-refractivity contribution in [2.75, 3.05) is 6.54 Å². The van der Waals surface area contributed by atoms with Gasteiger partial charge in [-0.25, -0.2) is 14.7 Å². The monoisotopic (exact) mass is 501 g/mol. The second-order valence-electron chi connectivity index (χ2n) is 7.01. The molecule has 2 aromatic rings. The Morgan fingerprint density at radius 2 is 2.14 bits per heavy atom. The topological polar surface area (TPSA) is 93.2 Å². The standard InChI is InChI=1S/C19H31N7O.HI/c1-5-14(6-2)17-11-15(27-25-17)12-21-19(20-7-3)23-16-9-8-10-26-18(16)22-13(4)24-26;/h11,14,16H,5-10,12H2,1-4H3,(H2,20,21,23);1H. The minimum absolute atomic E-state index is 0. The van der Waals surface area contributed by atoms with Crippen molar-refractivity contribution in [2.45, 2.75) is 78.4 Å². The fraction of sp³-hybridized carbons (Fsp3) is 0.684. The zero-order valence-corrected chi connectivity index (χ0v) is 19.6. The summed E-state index contributed by atoms with van der Waals surface area (Å²) in [5.41, 5.74) is 1.03. The second kappa shape index (κ2) is 10.8. The van der Waals surface area contributed by atoms with Gasteiger partial charge in [-0.2, -0.15) is 5.10 Å². The van der Waals surface area contributed by atoms with Crippen molar-refractivity contribution in [1.29, 1.82) is 0 Å². The smallest absolute Gasteiger partial charge is 0.192 e. The van der Waals surface area contributed by atoms with Gasteiger partial charge >= 0.3 is 0 Å². The summed E-state index contributed by atoms with van der Waals surface area (Å²) in [4.78, 5) is 9.27. The lowest BCUT2D eigenvalue weighted by atomic mass is 9.99. The van der Waals surface area contributed by atoms with Crippen LogP contribution >= 0.6 is 24.0 Å². The van der Waals surface area contributed by atoms with Crippen LogP contribution in [0.1, 0.15) is 81.5 Å². The summed E-state index contributed by atoms with van der Waals surface area (Å²) >= 11 is 0. The minimum atomic E-state index is 0. The summed E-state index contributed by atoms with van der Waals surface area (Å²) in [7, 11) is 0. The number of aromatic nitrogens is 4. The maximum atomic E-state index is 5.49. The van der Waals surface area contributed by atoms with Crippen molar-refractivity contribution in [2.24, 2.45) is 4.99 Å². The third-order valence-corrected chi connectivity index (χ3v) is 5.01. The third kappa shape index (κ3) is 5.45. The van der Waals surface area contributed by atoms with E-state index in [0.29, 0.717) is 12.5 Å². The first-order chi connectivity index (χ1) is 13.1. The Hall–Kier alpha value is -1.65. The number of rotatable bonds is 7. The number of guanidine groups is 1. The molecule has 0 saturated heterocycles. The number of hydrogen-bond acceptors (Lipinski definition) is 5. The highest BCUT2D eigenvalue weighted by atomic mass is 127. The average molecular weight is 501 g/mol. The van der Waals surface area contributed by atoms with E-state index in [2.05, 4.69) is 51.6 Å². The van der Waals surface area contributed by atoms with Crippen LogP contribution in [-0.2, 0) is 13.1 Å². The Labute approximate surface area is 184 Å². The molecule has 0 aliphatic carbocycles. The van der Waals surface area contributed by atoms with Crippen LogP contribution in [0.4, 0.5) is 0 Å². The molecular weight excluding hydrogens is 469 g/mol. The molecule has 0 saturated carbocycles. The normalized spacial score (nSPS) is 16.6. The van der Waals surface area contributed by atoms with Gasteiger partial charge in [0.25, 0.3) is 0 Å². The molecule has 0 spiro atoms. The minimum Gasteiger partial charge on any atom is -0.359 e. The molecule has 0 fully saturated rings. The summed E-state index contributed by atoms with van der Waals surface area (Å²) < 4.78 is 7.49. The molecule has 0 radical (unpaired) electrons. The summed E-state index contributed by atoms with van der Waals surface area (Å²) in [6, 6.07) is 2.15. The van der Waals surface area contributed by atoms with Gasteiger partial charge in [0.1, 0.15) is 18.2 Å². The van der Waals surface area contributed by atoms with E-state index < -0.39 is 0 Å². The molecule has 1 atom stereocenters. The number of aryl methyl sites for hydroxylation is 2. The molecule has 3 rings (SSSR count). The SMILES string of the molecule is CCNC(=NCc1cc(C(CC)CC)no1)NC1CCCn2nc(C)nc21.I. The Balaban J connectivity index is 0.00000280. The lowest BCUT2D eigenvalue weighted by molar-refractivity contribution is 0.371. The van der Waals surface area contributed by atoms with E-state index in [-0.39, 0.29) is 30.0 Å². The van der Waals surface area contributed by atoms with Crippen LogP contribution in [0.5, 0.6) is 0 Å². The molecule has 1 unspecified atom stereocenters. The molecule has 9 heteroatoms. The molecule has 0 aromatic carbocycles. The zero-order valence-electron chi connectivity index (χ0n) is 17.2. The first-order valence-electron chi connectivity index (χ1n) is 10.1. The van der Waals surface area contributed by atoms with Crippen molar-refractivity contribution in [3.63, 3.8) is 0 Å². The van der Waals surface area contributed by atoms with Gasteiger partial charge in [-0.1, -0.05) is 19.0 Å². The molecule has 1 aliphatic heterocycles. The van der Waals surface area contributed by atoms with E-state index in [1.165, 1.54) is 0 Å². The molecule has 2 N–H and O–H groups in total. The van der Waals surface area contributed by atoms with Gasteiger partial charge in [-0.05, 0) is 39.5 Å². The number of halogens is 1. The fourth-order valence-corrected chi connectivity index (χ4v) is 3.55. The Kier molecular flexibility index (Phi) is 8.71. The van der Waals surface area contributed by atoms with Crippen molar-refractivity contribution in [1.82, 2.24) is 30.6 Å². The summed E-state index contributed by atoms with van der Waals surface area (Å²) in [6.45, 7) is 10.5. The maximum absolute atomic E-state index is 5.49. The van der Waals surface area contributed by atoms with Gasteiger partial charge < -0.3 is 15.2 Å². The highest BCUT2D eigenvalue weighted by molar-refractivity contribution is 14.0. The first-order valence-corrected chi connectivity index (χ1v) is 10.1. The molecule has 3 heterocycles. The molecule has 0 bridgehead atoms. The number of nitrogens with zero attached hydrogens (tertiary/aromatic N) is 5. The Morgan fingerprint density at radius 1 is 1.36 bits per heavy atom. The molecule has 156 valence electrons. The molecule has 1 aliphatic rings. The van der Waals surface area contributed by atoms with E-state index in [1.807, 2.05) is 17.7 Å². The molecular formula is C19H32IN7O. The first kappa shape index (κ1) is 22.6. The van der Waals surface area contributed by atoms with E-state index in [4.69, 9.17) is 4.52 Å². The number of aliphatic imine (C=N–C) groups is 1. The largest absolute Gasteiger partial charge is 0.359 e. The molecule has 28 heavy (non-hydrogen) atoms. The summed E-state index contributed by atoms with van der Waals surface area (Å²) in [5, 5.41) is 15.5. The van der Waals surface area contributed by atoms with Gasteiger partial charge in [-0.15, -0.1) is 24.0 Å². The van der Waals surface area contributed by atoms with E-state index in [9.17, 15) is 0 Å². The lowest BCUT2D eigenvalue weighted by Crippen LogP contribution is -2.41. The summed E-state index contributed by atoms with van der Waals surface area (Å²) in [5.74, 6) is 3.81. The van der Waals surface area contributed by atoms with Crippen LogP contribution in [0.3, 0.4) is 0 Å². The number of nitrogens with one attached hydrogen (secondary N) is 2. The number of fused-ring (bicyclic) bond motifs is 1. The van der Waals surface area contributed by atoms with Crippen LogP contribution in [-0.4, -0.2) is 32.4 Å². The van der Waals surface area contributed by atoms with Crippen LogP contribution in [0.15, 0.2) is 15.6 Å². The quantitative estimate of drug-likeness (QED) is 0.342. The van der Waals surface area contributed by atoms with E-state index >= 15 is 0 Å². The van der Waals surface area contributed by atoms with Gasteiger partial charge in [-0.3, -0.25) is 0 Å². The van der Waals surface area contributed by atoms with Crippen LogP contribution in [0, 0.1) is 6.92 Å². The van der Waals surface area contributed by atoms with Crippen molar-refractivity contribution in [3.8, 4) is 0 Å².